The number of hydrogen-bond donors (Lipinski definition) is 0. The highest BCUT2D eigenvalue weighted by Gasteiger charge is 2.07. The Labute approximate surface area is 110 Å². The summed E-state index contributed by atoms with van der Waals surface area (Å²) in [4.78, 5) is 17.4. The minimum absolute atomic E-state index is 0.171. The van der Waals surface area contributed by atoms with Crippen LogP contribution in [0.3, 0.4) is 0 Å². The second-order valence-corrected chi connectivity index (χ2v) is 4.62. The van der Waals surface area contributed by atoms with Gasteiger partial charge in [0.25, 0.3) is 0 Å². The quantitative estimate of drug-likeness (QED) is 0.756. The van der Waals surface area contributed by atoms with Crippen LogP contribution < -0.4 is 0 Å². The number of carbonyl (C=O) groups excluding carboxylic acids is 1. The maximum absolute atomic E-state index is 11.1. The highest BCUT2D eigenvalue weighted by molar-refractivity contribution is 9.10. The molecular formula is C12H17BrN2O2. The van der Waals surface area contributed by atoms with Crippen LogP contribution >= 0.6 is 15.9 Å². The first-order valence-corrected chi connectivity index (χ1v) is 6.33. The lowest BCUT2D eigenvalue weighted by atomic mass is 10.2. The van der Waals surface area contributed by atoms with Gasteiger partial charge in [0.15, 0.2) is 0 Å². The number of pyridine rings is 1. The highest BCUT2D eigenvalue weighted by Crippen LogP contribution is 2.11. The molecule has 0 unspecified atom stereocenters. The van der Waals surface area contributed by atoms with Gasteiger partial charge in [-0.15, -0.1) is 0 Å². The van der Waals surface area contributed by atoms with Crippen LogP contribution in [0.5, 0.6) is 0 Å². The molecule has 0 aromatic carbocycles. The van der Waals surface area contributed by atoms with Crippen LogP contribution in [0.15, 0.2) is 22.9 Å². The number of esters is 1. The van der Waals surface area contributed by atoms with E-state index in [4.69, 9.17) is 0 Å². The van der Waals surface area contributed by atoms with Crippen molar-refractivity contribution in [2.75, 3.05) is 20.2 Å². The van der Waals surface area contributed by atoms with E-state index < -0.39 is 0 Å². The van der Waals surface area contributed by atoms with Crippen molar-refractivity contribution in [2.45, 2.75) is 19.9 Å². The van der Waals surface area contributed by atoms with Crippen LogP contribution in [0.4, 0.5) is 0 Å². The Morgan fingerprint density at radius 1 is 1.53 bits per heavy atom. The zero-order valence-electron chi connectivity index (χ0n) is 10.1. The number of ether oxygens (including phenoxy) is 1. The summed E-state index contributed by atoms with van der Waals surface area (Å²) < 4.78 is 5.60. The summed E-state index contributed by atoms with van der Waals surface area (Å²) in [5, 5.41) is 0. The van der Waals surface area contributed by atoms with Crippen molar-refractivity contribution in [3.05, 3.63) is 28.5 Å². The number of carbonyl (C=O) groups is 1. The molecule has 94 valence electrons. The smallest absolute Gasteiger partial charge is 0.306 e. The lowest BCUT2D eigenvalue weighted by molar-refractivity contribution is -0.141. The average molecular weight is 301 g/mol. The summed E-state index contributed by atoms with van der Waals surface area (Å²) in [7, 11) is 1.41. The Balaban J connectivity index is 2.49. The SMILES string of the molecule is CCN(CCC(=O)OC)Cc1cncc(Br)c1. The van der Waals surface area contributed by atoms with E-state index >= 15 is 0 Å². The number of methoxy groups -OCH3 is 1. The molecular weight excluding hydrogens is 284 g/mol. The van der Waals surface area contributed by atoms with E-state index in [1.165, 1.54) is 7.11 Å². The van der Waals surface area contributed by atoms with Gasteiger partial charge in [0, 0.05) is 30.0 Å². The zero-order valence-corrected chi connectivity index (χ0v) is 11.7. The third kappa shape index (κ3) is 5.28. The number of halogens is 1. The fourth-order valence-electron chi connectivity index (χ4n) is 1.50. The molecule has 1 rings (SSSR count). The molecule has 0 bridgehead atoms. The standard InChI is InChI=1S/C12H17BrN2O2/c1-3-15(5-4-12(16)17-2)9-10-6-11(13)8-14-7-10/h6-8H,3-5,9H2,1-2H3. The molecule has 5 heteroatoms. The summed E-state index contributed by atoms with van der Waals surface area (Å²) >= 11 is 3.39. The van der Waals surface area contributed by atoms with Crippen LogP contribution in [0, 0.1) is 0 Å². The second kappa shape index (κ2) is 7.40. The van der Waals surface area contributed by atoms with E-state index in [0.717, 1.165) is 23.1 Å². The van der Waals surface area contributed by atoms with Crippen molar-refractivity contribution in [2.24, 2.45) is 0 Å². The van der Waals surface area contributed by atoms with Crippen molar-refractivity contribution in [1.82, 2.24) is 9.88 Å². The van der Waals surface area contributed by atoms with E-state index in [0.29, 0.717) is 13.0 Å². The first kappa shape index (κ1) is 14.1. The molecule has 1 aromatic rings. The molecule has 0 spiro atoms. The molecule has 17 heavy (non-hydrogen) atoms. The predicted molar refractivity (Wildman–Crippen MR) is 69.5 cm³/mol. The fraction of sp³-hybridized carbons (Fsp3) is 0.500. The predicted octanol–water partition coefficient (Wildman–Crippen LogP) is 2.23. The molecule has 0 aliphatic rings. The number of hydrogen-bond acceptors (Lipinski definition) is 4. The monoisotopic (exact) mass is 300 g/mol. The minimum atomic E-state index is -0.171. The van der Waals surface area contributed by atoms with E-state index in [1.54, 1.807) is 6.20 Å². The van der Waals surface area contributed by atoms with Crippen molar-refractivity contribution in [3.8, 4) is 0 Å². The van der Waals surface area contributed by atoms with E-state index in [-0.39, 0.29) is 5.97 Å². The van der Waals surface area contributed by atoms with Gasteiger partial charge in [0.1, 0.15) is 0 Å². The lowest BCUT2D eigenvalue weighted by Crippen LogP contribution is -2.26. The Morgan fingerprint density at radius 3 is 2.88 bits per heavy atom. The first-order valence-electron chi connectivity index (χ1n) is 5.54. The summed E-state index contributed by atoms with van der Waals surface area (Å²) in [6.07, 6.45) is 4.02. The number of rotatable bonds is 6. The maximum Gasteiger partial charge on any atom is 0.306 e. The van der Waals surface area contributed by atoms with Gasteiger partial charge < -0.3 is 4.74 Å². The number of aromatic nitrogens is 1. The molecule has 0 atom stereocenters. The Hall–Kier alpha value is -0.940. The fourth-order valence-corrected chi connectivity index (χ4v) is 1.91. The van der Waals surface area contributed by atoms with E-state index in [9.17, 15) is 4.79 Å². The number of nitrogens with zero attached hydrogens (tertiary/aromatic N) is 2. The van der Waals surface area contributed by atoms with Gasteiger partial charge in [-0.2, -0.15) is 0 Å². The normalized spacial score (nSPS) is 10.6. The summed E-state index contributed by atoms with van der Waals surface area (Å²) in [6, 6.07) is 2.04. The highest BCUT2D eigenvalue weighted by atomic mass is 79.9. The van der Waals surface area contributed by atoms with Crippen LogP contribution in [-0.2, 0) is 16.1 Å². The van der Waals surface area contributed by atoms with Crippen LogP contribution in [0.2, 0.25) is 0 Å². The van der Waals surface area contributed by atoms with Crippen LogP contribution in [-0.4, -0.2) is 36.1 Å². The minimum Gasteiger partial charge on any atom is -0.469 e. The van der Waals surface area contributed by atoms with Gasteiger partial charge in [-0.05, 0) is 34.1 Å². The van der Waals surface area contributed by atoms with Crippen molar-refractivity contribution < 1.29 is 9.53 Å². The zero-order chi connectivity index (χ0) is 12.7. The molecule has 4 nitrogen and oxygen atoms in total. The van der Waals surface area contributed by atoms with Gasteiger partial charge in [0.2, 0.25) is 0 Å². The Morgan fingerprint density at radius 2 is 2.29 bits per heavy atom. The van der Waals surface area contributed by atoms with Crippen molar-refractivity contribution in [3.63, 3.8) is 0 Å². The molecule has 0 saturated carbocycles. The molecule has 0 aliphatic heterocycles. The molecule has 1 heterocycles. The van der Waals surface area contributed by atoms with Crippen molar-refractivity contribution in [1.29, 1.82) is 0 Å². The molecule has 0 aliphatic carbocycles. The molecule has 1 aromatic heterocycles. The van der Waals surface area contributed by atoms with Gasteiger partial charge in [-0.1, -0.05) is 6.92 Å². The Bertz CT molecular complexity index is 371. The molecule has 0 N–H and O–H groups in total. The second-order valence-electron chi connectivity index (χ2n) is 3.71. The molecule has 0 radical (unpaired) electrons. The summed E-state index contributed by atoms with van der Waals surface area (Å²) in [5.74, 6) is -0.171. The molecule has 0 amide bonds. The van der Waals surface area contributed by atoms with Gasteiger partial charge in [0.05, 0.1) is 13.5 Å². The van der Waals surface area contributed by atoms with E-state index in [2.05, 4.69) is 37.5 Å². The topological polar surface area (TPSA) is 42.4 Å². The average Bonchev–Trinajstić information content (AvgIpc) is 2.34. The third-order valence-corrected chi connectivity index (χ3v) is 2.91. The van der Waals surface area contributed by atoms with E-state index in [1.807, 2.05) is 12.3 Å². The first-order chi connectivity index (χ1) is 8.15. The van der Waals surface area contributed by atoms with Gasteiger partial charge in [-0.3, -0.25) is 14.7 Å². The summed E-state index contributed by atoms with van der Waals surface area (Å²) in [6.45, 7) is 4.46. The van der Waals surface area contributed by atoms with Gasteiger partial charge in [-0.25, -0.2) is 0 Å². The summed E-state index contributed by atoms with van der Waals surface area (Å²) in [5.41, 5.74) is 1.13. The van der Waals surface area contributed by atoms with Gasteiger partial charge >= 0.3 is 5.97 Å². The lowest BCUT2D eigenvalue weighted by Gasteiger charge is -2.19. The largest absolute Gasteiger partial charge is 0.469 e. The van der Waals surface area contributed by atoms with Crippen molar-refractivity contribution >= 4 is 21.9 Å². The Kier molecular flexibility index (Phi) is 6.15. The van der Waals surface area contributed by atoms with Crippen LogP contribution in [0.25, 0.3) is 0 Å². The molecule has 0 saturated heterocycles. The molecule has 0 fully saturated rings. The third-order valence-electron chi connectivity index (χ3n) is 2.47. The maximum atomic E-state index is 11.1. The van der Waals surface area contributed by atoms with Crippen LogP contribution in [0.1, 0.15) is 18.9 Å².